The van der Waals surface area contributed by atoms with Gasteiger partial charge in [-0.25, -0.2) is 0 Å². The highest BCUT2D eigenvalue weighted by Gasteiger charge is 2.26. The van der Waals surface area contributed by atoms with Crippen LogP contribution in [0.1, 0.15) is 24.1 Å². The summed E-state index contributed by atoms with van der Waals surface area (Å²) in [6.07, 6.45) is 1.21. The zero-order chi connectivity index (χ0) is 13.3. The van der Waals surface area contributed by atoms with Crippen LogP contribution in [0.25, 0.3) is 0 Å². The van der Waals surface area contributed by atoms with E-state index >= 15 is 0 Å². The van der Waals surface area contributed by atoms with Crippen molar-refractivity contribution in [3.05, 3.63) is 16.4 Å². The average molecular weight is 272 g/mol. The van der Waals surface area contributed by atoms with E-state index in [4.69, 9.17) is 16.7 Å². The van der Waals surface area contributed by atoms with Gasteiger partial charge in [0.25, 0.3) is 0 Å². The minimum Gasteiger partial charge on any atom is -0.481 e. The highest BCUT2D eigenvalue weighted by atomic mass is 35.5. The van der Waals surface area contributed by atoms with Crippen LogP contribution in [0.4, 0.5) is 0 Å². The summed E-state index contributed by atoms with van der Waals surface area (Å²) in [5.74, 6) is -0.448. The van der Waals surface area contributed by atoms with Gasteiger partial charge in [0.2, 0.25) is 0 Å². The quantitative estimate of drug-likeness (QED) is 0.905. The second-order valence-corrected chi connectivity index (χ2v) is 5.32. The number of hydrogen-bond acceptors (Lipinski definition) is 3. The third kappa shape index (κ3) is 2.84. The molecule has 1 fully saturated rings. The zero-order valence-corrected chi connectivity index (χ0v) is 11.4. The van der Waals surface area contributed by atoms with Crippen molar-refractivity contribution in [2.75, 3.05) is 13.1 Å². The molecule has 0 saturated carbocycles. The van der Waals surface area contributed by atoms with Crippen molar-refractivity contribution in [3.8, 4) is 0 Å². The van der Waals surface area contributed by atoms with Gasteiger partial charge in [0.1, 0.15) is 5.15 Å². The van der Waals surface area contributed by atoms with E-state index in [0.29, 0.717) is 5.15 Å². The highest BCUT2D eigenvalue weighted by molar-refractivity contribution is 6.30. The molecule has 0 aromatic carbocycles. The third-order valence-corrected chi connectivity index (χ3v) is 3.96. The number of hydrogen-bond donors (Lipinski definition) is 1. The number of nitrogens with zero attached hydrogens (tertiary/aromatic N) is 3. The molecule has 1 aliphatic heterocycles. The van der Waals surface area contributed by atoms with E-state index in [1.807, 2.05) is 14.0 Å². The molecule has 1 atom stereocenters. The maximum Gasteiger partial charge on any atom is 0.303 e. The molecule has 0 aliphatic carbocycles. The number of aliphatic carboxylic acids is 1. The van der Waals surface area contributed by atoms with Gasteiger partial charge in [-0.15, -0.1) is 0 Å². The highest BCUT2D eigenvalue weighted by Crippen LogP contribution is 2.25. The Bertz CT molecular complexity index is 458. The van der Waals surface area contributed by atoms with Gasteiger partial charge in [-0.3, -0.25) is 14.4 Å². The Morgan fingerprint density at radius 3 is 2.89 bits per heavy atom. The first-order chi connectivity index (χ1) is 8.47. The third-order valence-electron chi connectivity index (χ3n) is 3.48. The van der Waals surface area contributed by atoms with Gasteiger partial charge in [0.05, 0.1) is 5.69 Å². The molecular formula is C12H18ClN3O2. The van der Waals surface area contributed by atoms with Crippen molar-refractivity contribution >= 4 is 17.6 Å². The first kappa shape index (κ1) is 13.4. The molecule has 0 radical (unpaired) electrons. The van der Waals surface area contributed by atoms with Crippen molar-refractivity contribution in [2.24, 2.45) is 13.0 Å². The van der Waals surface area contributed by atoms with Gasteiger partial charge in [-0.1, -0.05) is 11.6 Å². The van der Waals surface area contributed by atoms with E-state index in [1.165, 1.54) is 0 Å². The molecule has 2 rings (SSSR count). The van der Waals surface area contributed by atoms with Crippen molar-refractivity contribution < 1.29 is 9.90 Å². The molecule has 5 nitrogen and oxygen atoms in total. The Kier molecular flexibility index (Phi) is 3.92. The van der Waals surface area contributed by atoms with Crippen LogP contribution >= 0.6 is 11.6 Å². The molecule has 2 heterocycles. The van der Waals surface area contributed by atoms with Crippen LogP contribution in [0.5, 0.6) is 0 Å². The van der Waals surface area contributed by atoms with Gasteiger partial charge < -0.3 is 5.11 Å². The molecule has 18 heavy (non-hydrogen) atoms. The standard InChI is InChI=1S/C12H18ClN3O2/c1-8-10(12(13)15(2)14-8)7-16-4-3-9(6-16)5-11(17)18/h9H,3-7H2,1-2H3,(H,17,18). The topological polar surface area (TPSA) is 58.4 Å². The van der Waals surface area contributed by atoms with Crippen LogP contribution in [0, 0.1) is 12.8 Å². The number of carbonyl (C=O) groups is 1. The van der Waals surface area contributed by atoms with Crippen LogP contribution in [0.3, 0.4) is 0 Å². The molecule has 1 aromatic heterocycles. The van der Waals surface area contributed by atoms with Gasteiger partial charge in [-0.2, -0.15) is 5.10 Å². The summed E-state index contributed by atoms with van der Waals surface area (Å²) in [5, 5.41) is 13.7. The van der Waals surface area contributed by atoms with E-state index in [2.05, 4.69) is 10.00 Å². The normalized spacial score (nSPS) is 20.5. The summed E-state index contributed by atoms with van der Waals surface area (Å²) in [7, 11) is 1.83. The van der Waals surface area contributed by atoms with Crippen molar-refractivity contribution in [1.82, 2.24) is 14.7 Å². The molecule has 1 unspecified atom stereocenters. The van der Waals surface area contributed by atoms with Crippen molar-refractivity contribution in [1.29, 1.82) is 0 Å². The number of carboxylic acid groups (broad SMARTS) is 1. The Hall–Kier alpha value is -1.07. The van der Waals surface area contributed by atoms with E-state index in [-0.39, 0.29) is 12.3 Å². The number of aromatic nitrogens is 2. The molecule has 1 N–H and O–H groups in total. The summed E-state index contributed by atoms with van der Waals surface area (Å²) >= 11 is 6.19. The maximum absolute atomic E-state index is 10.7. The lowest BCUT2D eigenvalue weighted by Gasteiger charge is -2.15. The van der Waals surface area contributed by atoms with Gasteiger partial charge in [-0.05, 0) is 25.8 Å². The van der Waals surface area contributed by atoms with Crippen LogP contribution in [0.15, 0.2) is 0 Å². The minimum absolute atomic E-state index is 0.260. The van der Waals surface area contributed by atoms with E-state index in [0.717, 1.165) is 37.3 Å². The molecule has 1 aromatic rings. The molecule has 1 saturated heterocycles. The fraction of sp³-hybridized carbons (Fsp3) is 0.667. The largest absolute Gasteiger partial charge is 0.481 e. The molecule has 0 spiro atoms. The predicted molar refractivity (Wildman–Crippen MR) is 68.6 cm³/mol. The van der Waals surface area contributed by atoms with Gasteiger partial charge in [0, 0.05) is 32.1 Å². The molecule has 1 aliphatic rings. The van der Waals surface area contributed by atoms with Gasteiger partial charge >= 0.3 is 5.97 Å². The Labute approximate surface area is 111 Å². The summed E-state index contributed by atoms with van der Waals surface area (Å²) in [4.78, 5) is 12.9. The molecular weight excluding hydrogens is 254 g/mol. The second kappa shape index (κ2) is 5.28. The smallest absolute Gasteiger partial charge is 0.303 e. The lowest BCUT2D eigenvalue weighted by molar-refractivity contribution is -0.138. The number of likely N-dealkylation sites (tertiary alicyclic amines) is 1. The molecule has 0 bridgehead atoms. The number of halogens is 1. The van der Waals surface area contributed by atoms with Crippen LogP contribution in [0.2, 0.25) is 5.15 Å². The second-order valence-electron chi connectivity index (χ2n) is 4.97. The monoisotopic (exact) mass is 271 g/mol. The zero-order valence-electron chi connectivity index (χ0n) is 10.7. The summed E-state index contributed by atoms with van der Waals surface area (Å²) in [6, 6.07) is 0. The molecule has 6 heteroatoms. The molecule has 100 valence electrons. The first-order valence-electron chi connectivity index (χ1n) is 6.09. The summed E-state index contributed by atoms with van der Waals surface area (Å²) in [6.45, 7) is 4.47. The number of rotatable bonds is 4. The van der Waals surface area contributed by atoms with Crippen LogP contribution < -0.4 is 0 Å². The van der Waals surface area contributed by atoms with Crippen LogP contribution in [-0.4, -0.2) is 38.8 Å². The lowest BCUT2D eigenvalue weighted by Crippen LogP contribution is -2.21. The summed E-state index contributed by atoms with van der Waals surface area (Å²) in [5.41, 5.74) is 2.00. The SMILES string of the molecule is Cc1nn(C)c(Cl)c1CN1CCC(CC(=O)O)C1. The fourth-order valence-electron chi connectivity index (χ4n) is 2.55. The Morgan fingerprint density at radius 2 is 2.33 bits per heavy atom. The minimum atomic E-state index is -0.711. The first-order valence-corrected chi connectivity index (χ1v) is 6.47. The predicted octanol–water partition coefficient (Wildman–Crippen LogP) is 1.68. The van der Waals surface area contributed by atoms with E-state index < -0.39 is 5.97 Å². The number of carboxylic acids is 1. The van der Waals surface area contributed by atoms with Gasteiger partial charge in [0.15, 0.2) is 0 Å². The van der Waals surface area contributed by atoms with Crippen molar-refractivity contribution in [3.63, 3.8) is 0 Å². The average Bonchev–Trinajstić information content (AvgIpc) is 2.79. The van der Waals surface area contributed by atoms with E-state index in [9.17, 15) is 4.79 Å². The Morgan fingerprint density at radius 1 is 1.61 bits per heavy atom. The fourth-order valence-corrected chi connectivity index (χ4v) is 2.78. The van der Waals surface area contributed by atoms with E-state index in [1.54, 1.807) is 4.68 Å². The Balaban J connectivity index is 1.97. The summed E-state index contributed by atoms with van der Waals surface area (Å²) < 4.78 is 1.68. The lowest BCUT2D eigenvalue weighted by atomic mass is 10.1. The number of aryl methyl sites for hydroxylation is 2. The maximum atomic E-state index is 10.7. The molecule has 0 amide bonds. The van der Waals surface area contributed by atoms with Crippen LogP contribution in [-0.2, 0) is 18.4 Å². The van der Waals surface area contributed by atoms with Crippen molar-refractivity contribution in [2.45, 2.75) is 26.3 Å².